The second-order valence-electron chi connectivity index (χ2n) is 6.84. The normalized spacial score (nSPS) is 23.1. The molecule has 0 saturated carbocycles. The highest BCUT2D eigenvalue weighted by Crippen LogP contribution is 2.41. The van der Waals surface area contributed by atoms with Crippen molar-refractivity contribution >= 4 is 11.9 Å². The molecule has 4 atom stereocenters. The molecule has 10 nitrogen and oxygen atoms in total. The van der Waals surface area contributed by atoms with E-state index < -0.39 is 37.1 Å². The lowest BCUT2D eigenvalue weighted by Gasteiger charge is -2.10. The lowest BCUT2D eigenvalue weighted by molar-refractivity contribution is -0.217. The van der Waals surface area contributed by atoms with Gasteiger partial charge in [-0.25, -0.2) is 9.59 Å². The van der Waals surface area contributed by atoms with E-state index in [1.165, 1.54) is 40.6 Å². The standard InChI is InChI=1S/2C11H12O5/c2*1-14-10-7-4-3-6(9(12)13)5-8(7)11(15-2)16-10/h2*3-5,10-11H,1-2H3,(H,12,13). The van der Waals surface area contributed by atoms with E-state index in [1.54, 1.807) is 24.3 Å². The number of hydrogen-bond donors (Lipinski definition) is 2. The van der Waals surface area contributed by atoms with Crippen LogP contribution in [0.3, 0.4) is 0 Å². The first-order chi connectivity index (χ1) is 15.3. The highest BCUT2D eigenvalue weighted by atomic mass is 16.8. The van der Waals surface area contributed by atoms with E-state index >= 15 is 0 Å². The van der Waals surface area contributed by atoms with Crippen molar-refractivity contribution in [1.82, 2.24) is 0 Å². The molecule has 4 rings (SSSR count). The van der Waals surface area contributed by atoms with Crippen molar-refractivity contribution in [3.8, 4) is 0 Å². The van der Waals surface area contributed by atoms with Crippen LogP contribution in [0.4, 0.5) is 0 Å². The van der Waals surface area contributed by atoms with Gasteiger partial charge < -0.3 is 38.6 Å². The van der Waals surface area contributed by atoms with E-state index in [2.05, 4.69) is 0 Å². The topological polar surface area (TPSA) is 130 Å². The third-order valence-electron chi connectivity index (χ3n) is 5.03. The fourth-order valence-corrected chi connectivity index (χ4v) is 3.50. The van der Waals surface area contributed by atoms with Gasteiger partial charge in [0.2, 0.25) is 0 Å². The Bertz CT molecular complexity index is 909. The number of methoxy groups -OCH3 is 4. The summed E-state index contributed by atoms with van der Waals surface area (Å²) in [6, 6.07) is 9.51. The molecule has 2 aromatic carbocycles. The van der Waals surface area contributed by atoms with Gasteiger partial charge in [-0.1, -0.05) is 12.1 Å². The molecule has 0 aliphatic carbocycles. The van der Waals surface area contributed by atoms with Crippen LogP contribution in [-0.4, -0.2) is 50.6 Å². The number of aromatic carboxylic acids is 2. The minimum absolute atomic E-state index is 0.209. The molecule has 172 valence electrons. The lowest BCUT2D eigenvalue weighted by atomic mass is 10.0. The summed E-state index contributed by atoms with van der Waals surface area (Å²) in [7, 11) is 6.05. The number of carboxylic acid groups (broad SMARTS) is 2. The smallest absolute Gasteiger partial charge is 0.335 e. The molecular weight excluding hydrogens is 424 g/mol. The molecule has 0 bridgehead atoms. The van der Waals surface area contributed by atoms with Gasteiger partial charge in [-0.3, -0.25) is 0 Å². The first-order valence-electron chi connectivity index (χ1n) is 9.50. The van der Waals surface area contributed by atoms with Crippen LogP contribution in [0.25, 0.3) is 0 Å². The van der Waals surface area contributed by atoms with Crippen molar-refractivity contribution < 1.29 is 48.2 Å². The number of carbonyl (C=O) groups is 2. The van der Waals surface area contributed by atoms with E-state index in [4.69, 9.17) is 38.6 Å². The quantitative estimate of drug-likeness (QED) is 0.678. The highest BCUT2D eigenvalue weighted by Gasteiger charge is 2.33. The average molecular weight is 448 g/mol. The Hall–Kier alpha value is -2.86. The number of rotatable bonds is 6. The van der Waals surface area contributed by atoms with E-state index in [0.29, 0.717) is 11.1 Å². The molecule has 2 aliphatic heterocycles. The van der Waals surface area contributed by atoms with Crippen molar-refractivity contribution in [2.45, 2.75) is 25.2 Å². The Morgan fingerprint density at radius 2 is 0.938 bits per heavy atom. The van der Waals surface area contributed by atoms with Gasteiger partial charge >= 0.3 is 11.9 Å². The zero-order valence-corrected chi connectivity index (χ0v) is 17.9. The Morgan fingerprint density at radius 3 is 1.22 bits per heavy atom. The SMILES string of the molecule is COC1OC(OC)c2cc(C(=O)O)ccc21.COC1OC(OC)c2cc(C(=O)O)ccc21. The van der Waals surface area contributed by atoms with Crippen LogP contribution in [0.1, 0.15) is 68.1 Å². The van der Waals surface area contributed by atoms with Crippen molar-refractivity contribution in [1.29, 1.82) is 0 Å². The molecule has 0 amide bonds. The van der Waals surface area contributed by atoms with E-state index in [1.807, 2.05) is 0 Å². The molecule has 0 spiro atoms. The molecule has 2 aliphatic rings. The third-order valence-corrected chi connectivity index (χ3v) is 5.03. The van der Waals surface area contributed by atoms with Crippen LogP contribution in [0.5, 0.6) is 0 Å². The summed E-state index contributed by atoms with van der Waals surface area (Å²) in [4.78, 5) is 21.7. The van der Waals surface area contributed by atoms with Gasteiger partial charge in [0, 0.05) is 50.7 Å². The maximum Gasteiger partial charge on any atom is 0.335 e. The summed E-state index contributed by atoms with van der Waals surface area (Å²) >= 11 is 0. The number of ether oxygens (including phenoxy) is 6. The predicted octanol–water partition coefficient (Wildman–Crippen LogP) is 3.41. The fraction of sp³-hybridized carbons (Fsp3) is 0.364. The van der Waals surface area contributed by atoms with Gasteiger partial charge in [0.05, 0.1) is 11.1 Å². The zero-order valence-electron chi connectivity index (χ0n) is 17.9. The Labute approximate surface area is 184 Å². The van der Waals surface area contributed by atoms with Gasteiger partial charge in [0.25, 0.3) is 0 Å². The molecule has 0 aromatic heterocycles. The molecule has 10 heteroatoms. The van der Waals surface area contributed by atoms with Crippen molar-refractivity contribution in [2.75, 3.05) is 28.4 Å². The molecule has 4 unspecified atom stereocenters. The summed E-state index contributed by atoms with van der Waals surface area (Å²) < 4.78 is 31.3. The minimum atomic E-state index is -0.974. The molecule has 0 saturated heterocycles. The fourth-order valence-electron chi connectivity index (χ4n) is 3.50. The second-order valence-corrected chi connectivity index (χ2v) is 6.84. The number of benzene rings is 2. The Balaban J connectivity index is 0.000000181. The average Bonchev–Trinajstić information content (AvgIpc) is 3.35. The van der Waals surface area contributed by atoms with Gasteiger partial charge in [0.15, 0.2) is 25.2 Å². The van der Waals surface area contributed by atoms with Crippen LogP contribution in [0, 0.1) is 0 Å². The van der Waals surface area contributed by atoms with Gasteiger partial charge in [0.1, 0.15) is 0 Å². The third kappa shape index (κ3) is 4.65. The molecular formula is C22H24O10. The second kappa shape index (κ2) is 10.2. The van der Waals surface area contributed by atoms with E-state index in [0.717, 1.165) is 11.1 Å². The van der Waals surface area contributed by atoms with Crippen LogP contribution >= 0.6 is 0 Å². The minimum Gasteiger partial charge on any atom is -0.478 e. The predicted molar refractivity (Wildman–Crippen MR) is 108 cm³/mol. The van der Waals surface area contributed by atoms with Crippen molar-refractivity contribution in [3.05, 3.63) is 69.8 Å². The highest BCUT2D eigenvalue weighted by molar-refractivity contribution is 5.88. The van der Waals surface area contributed by atoms with Crippen LogP contribution in [0.15, 0.2) is 36.4 Å². The number of carboxylic acids is 2. The first kappa shape index (κ1) is 23.8. The largest absolute Gasteiger partial charge is 0.478 e. The van der Waals surface area contributed by atoms with Crippen LogP contribution in [0.2, 0.25) is 0 Å². The van der Waals surface area contributed by atoms with Gasteiger partial charge in [-0.05, 0) is 24.3 Å². The van der Waals surface area contributed by atoms with Crippen molar-refractivity contribution in [2.24, 2.45) is 0 Å². The summed E-state index contributed by atoms with van der Waals surface area (Å²) in [6.07, 6.45) is -2.14. The Morgan fingerprint density at radius 1 is 0.625 bits per heavy atom. The Kier molecular flexibility index (Phi) is 7.56. The maximum absolute atomic E-state index is 10.8. The van der Waals surface area contributed by atoms with Gasteiger partial charge in [-0.2, -0.15) is 0 Å². The summed E-state index contributed by atoms with van der Waals surface area (Å²) in [5, 5.41) is 17.8. The molecule has 32 heavy (non-hydrogen) atoms. The molecule has 0 fully saturated rings. The number of fused-ring (bicyclic) bond motifs is 2. The van der Waals surface area contributed by atoms with E-state index in [-0.39, 0.29) is 11.1 Å². The van der Waals surface area contributed by atoms with E-state index in [9.17, 15) is 9.59 Å². The van der Waals surface area contributed by atoms with Crippen molar-refractivity contribution in [3.63, 3.8) is 0 Å². The summed E-state index contributed by atoms with van der Waals surface area (Å²) in [5.74, 6) is -1.95. The zero-order chi connectivity index (χ0) is 23.4. The molecule has 2 aromatic rings. The number of hydrogen-bond acceptors (Lipinski definition) is 8. The summed E-state index contributed by atoms with van der Waals surface area (Å²) in [5.41, 5.74) is 3.43. The molecule has 2 heterocycles. The van der Waals surface area contributed by atoms with Crippen LogP contribution < -0.4 is 0 Å². The maximum atomic E-state index is 10.8. The van der Waals surface area contributed by atoms with Gasteiger partial charge in [-0.15, -0.1) is 0 Å². The first-order valence-corrected chi connectivity index (χ1v) is 9.50. The molecule has 0 radical (unpaired) electrons. The molecule has 2 N–H and O–H groups in total. The van der Waals surface area contributed by atoms with Crippen LogP contribution in [-0.2, 0) is 28.4 Å². The lowest BCUT2D eigenvalue weighted by Crippen LogP contribution is -2.02. The monoisotopic (exact) mass is 448 g/mol. The summed E-state index contributed by atoms with van der Waals surface area (Å²) in [6.45, 7) is 0.